The molecule has 6 heteroatoms. The lowest BCUT2D eigenvalue weighted by atomic mass is 10.2. The molecule has 0 bridgehead atoms. The summed E-state index contributed by atoms with van der Waals surface area (Å²) in [4.78, 5) is 4.43. The van der Waals surface area contributed by atoms with E-state index in [1.165, 1.54) is 0 Å². The molecular formula is C17H16N2O3S. The molecule has 0 radical (unpaired) electrons. The Hall–Kier alpha value is -2.60. The minimum atomic E-state index is -3.73. The van der Waals surface area contributed by atoms with E-state index in [1.807, 2.05) is 19.1 Å². The Morgan fingerprint density at radius 3 is 2.52 bits per heavy atom. The number of aromatic nitrogens is 1. The predicted octanol–water partition coefficient (Wildman–Crippen LogP) is 3.35. The van der Waals surface area contributed by atoms with Gasteiger partial charge in [-0.05, 0) is 48.9 Å². The van der Waals surface area contributed by atoms with Gasteiger partial charge >= 0.3 is 0 Å². The highest BCUT2D eigenvalue weighted by molar-refractivity contribution is 7.93. The third kappa shape index (κ3) is 3.12. The van der Waals surface area contributed by atoms with Crippen molar-refractivity contribution in [3.05, 3.63) is 60.3 Å². The van der Waals surface area contributed by atoms with Gasteiger partial charge in [0.05, 0.1) is 12.6 Å². The number of nitrogens with zero attached hydrogens (tertiary/aromatic N) is 1. The van der Waals surface area contributed by atoms with Gasteiger partial charge in [0, 0.05) is 17.3 Å². The van der Waals surface area contributed by atoms with E-state index >= 15 is 0 Å². The highest BCUT2D eigenvalue weighted by Gasteiger charge is 2.18. The van der Waals surface area contributed by atoms with E-state index in [9.17, 15) is 8.42 Å². The molecule has 0 spiro atoms. The Morgan fingerprint density at radius 1 is 1.09 bits per heavy atom. The van der Waals surface area contributed by atoms with Gasteiger partial charge in [-0.15, -0.1) is 0 Å². The molecule has 118 valence electrons. The van der Waals surface area contributed by atoms with Crippen molar-refractivity contribution in [2.75, 3.05) is 11.8 Å². The van der Waals surface area contributed by atoms with Gasteiger partial charge in [0.25, 0.3) is 10.0 Å². The van der Waals surface area contributed by atoms with Crippen molar-refractivity contribution in [3.63, 3.8) is 0 Å². The number of methoxy groups -OCH3 is 1. The van der Waals surface area contributed by atoms with E-state index in [0.717, 1.165) is 10.9 Å². The molecule has 0 amide bonds. The van der Waals surface area contributed by atoms with E-state index in [4.69, 9.17) is 4.74 Å². The molecule has 3 aromatic rings. The molecule has 1 heterocycles. The molecule has 23 heavy (non-hydrogen) atoms. The van der Waals surface area contributed by atoms with Crippen LogP contribution in [-0.4, -0.2) is 20.5 Å². The number of para-hydroxylation sites is 1. The lowest BCUT2D eigenvalue weighted by molar-refractivity contribution is 0.415. The Kier molecular flexibility index (Phi) is 3.92. The predicted molar refractivity (Wildman–Crippen MR) is 90.3 cm³/mol. The number of rotatable bonds is 4. The number of fused-ring (bicyclic) bond motifs is 1. The van der Waals surface area contributed by atoms with Crippen LogP contribution in [0.2, 0.25) is 0 Å². The van der Waals surface area contributed by atoms with Gasteiger partial charge in [0.2, 0.25) is 0 Å². The largest absolute Gasteiger partial charge is 0.497 e. The number of hydrogen-bond acceptors (Lipinski definition) is 4. The highest BCUT2D eigenvalue weighted by atomic mass is 32.2. The fraction of sp³-hybridized carbons (Fsp3) is 0.118. The van der Waals surface area contributed by atoms with Crippen LogP contribution in [-0.2, 0) is 10.0 Å². The second kappa shape index (κ2) is 5.89. The lowest BCUT2D eigenvalue weighted by Gasteiger charge is -2.10. The monoisotopic (exact) mass is 328 g/mol. The maximum atomic E-state index is 12.7. The van der Waals surface area contributed by atoms with Crippen LogP contribution >= 0.6 is 0 Å². The first kappa shape index (κ1) is 15.3. The van der Waals surface area contributed by atoms with Crippen molar-refractivity contribution in [2.45, 2.75) is 11.8 Å². The molecule has 0 aliphatic heterocycles. The minimum absolute atomic E-state index is 0.158. The Bertz CT molecular complexity index is 951. The summed E-state index contributed by atoms with van der Waals surface area (Å²) in [5.74, 6) is 0.662. The molecule has 0 saturated carbocycles. The standard InChI is InChI=1S/C17H16N2O3S/c1-12-10-13-4-3-5-16(17(13)18-11-12)23(20,21)19-14-6-8-15(22-2)9-7-14/h3-11,19H,1-2H3. The van der Waals surface area contributed by atoms with Gasteiger partial charge < -0.3 is 4.74 Å². The Labute approximate surface area is 135 Å². The summed E-state index contributed by atoms with van der Waals surface area (Å²) in [5.41, 5.74) is 1.91. The Morgan fingerprint density at radius 2 is 1.83 bits per heavy atom. The number of pyridine rings is 1. The number of sulfonamides is 1. The van der Waals surface area contributed by atoms with Crippen LogP contribution < -0.4 is 9.46 Å². The van der Waals surface area contributed by atoms with Gasteiger partial charge in [0.1, 0.15) is 10.6 Å². The second-order valence-electron chi connectivity index (χ2n) is 5.17. The summed E-state index contributed by atoms with van der Waals surface area (Å²) in [6.07, 6.45) is 1.66. The molecule has 5 nitrogen and oxygen atoms in total. The Balaban J connectivity index is 2.02. The second-order valence-corrected chi connectivity index (χ2v) is 6.83. The molecule has 2 aromatic carbocycles. The summed E-state index contributed by atoms with van der Waals surface area (Å²) in [7, 11) is -2.17. The first-order valence-corrected chi connectivity index (χ1v) is 8.50. The fourth-order valence-electron chi connectivity index (χ4n) is 2.33. The number of hydrogen-bond donors (Lipinski definition) is 1. The van der Waals surface area contributed by atoms with E-state index in [2.05, 4.69) is 9.71 Å². The van der Waals surface area contributed by atoms with Crippen molar-refractivity contribution in [2.24, 2.45) is 0 Å². The molecule has 0 unspecified atom stereocenters. The van der Waals surface area contributed by atoms with Crippen molar-refractivity contribution in [1.29, 1.82) is 0 Å². The number of anilines is 1. The van der Waals surface area contributed by atoms with Crippen molar-refractivity contribution >= 4 is 26.6 Å². The zero-order valence-electron chi connectivity index (χ0n) is 12.8. The number of nitrogens with one attached hydrogen (secondary N) is 1. The third-order valence-electron chi connectivity index (χ3n) is 3.44. The maximum Gasteiger partial charge on any atom is 0.264 e. The van der Waals surface area contributed by atoms with Crippen molar-refractivity contribution in [3.8, 4) is 5.75 Å². The third-order valence-corrected chi connectivity index (χ3v) is 4.86. The van der Waals surface area contributed by atoms with E-state index in [0.29, 0.717) is 17.0 Å². The first-order valence-electron chi connectivity index (χ1n) is 7.02. The minimum Gasteiger partial charge on any atom is -0.497 e. The normalized spacial score (nSPS) is 11.4. The lowest BCUT2D eigenvalue weighted by Crippen LogP contribution is -2.13. The molecule has 0 fully saturated rings. The van der Waals surface area contributed by atoms with Crippen LogP contribution in [0.15, 0.2) is 59.6 Å². The van der Waals surface area contributed by atoms with Crippen molar-refractivity contribution in [1.82, 2.24) is 4.98 Å². The molecule has 0 aliphatic carbocycles. The summed E-state index contributed by atoms with van der Waals surface area (Å²) in [6, 6.07) is 13.7. The van der Waals surface area contributed by atoms with Crippen LogP contribution in [0.4, 0.5) is 5.69 Å². The van der Waals surface area contributed by atoms with Crippen LogP contribution in [0, 0.1) is 6.92 Å². The molecule has 1 N–H and O–H groups in total. The maximum absolute atomic E-state index is 12.7. The van der Waals surface area contributed by atoms with Gasteiger partial charge in [-0.1, -0.05) is 12.1 Å². The van der Waals surface area contributed by atoms with Crippen LogP contribution in [0.3, 0.4) is 0 Å². The smallest absolute Gasteiger partial charge is 0.264 e. The van der Waals surface area contributed by atoms with Crippen LogP contribution in [0.1, 0.15) is 5.56 Å². The summed E-state index contributed by atoms with van der Waals surface area (Å²) in [5, 5.41) is 0.794. The molecule has 0 aliphatic rings. The van der Waals surface area contributed by atoms with E-state index < -0.39 is 10.0 Å². The zero-order valence-corrected chi connectivity index (χ0v) is 13.6. The summed E-state index contributed by atoms with van der Waals surface area (Å²) >= 11 is 0. The number of benzene rings is 2. The molecular weight excluding hydrogens is 312 g/mol. The molecule has 1 aromatic heterocycles. The molecule has 0 saturated heterocycles. The first-order chi connectivity index (χ1) is 11.0. The number of aryl methyl sites for hydroxylation is 1. The van der Waals surface area contributed by atoms with Crippen LogP contribution in [0.25, 0.3) is 10.9 Å². The zero-order chi connectivity index (χ0) is 16.4. The highest BCUT2D eigenvalue weighted by Crippen LogP contribution is 2.24. The summed E-state index contributed by atoms with van der Waals surface area (Å²) < 4.78 is 33.0. The topological polar surface area (TPSA) is 68.3 Å². The van der Waals surface area contributed by atoms with Crippen LogP contribution in [0.5, 0.6) is 5.75 Å². The SMILES string of the molecule is COc1ccc(NS(=O)(=O)c2cccc3cc(C)cnc23)cc1. The average molecular weight is 328 g/mol. The van der Waals surface area contributed by atoms with Gasteiger partial charge in [-0.3, -0.25) is 9.71 Å². The molecule has 0 atom stereocenters. The summed E-state index contributed by atoms with van der Waals surface area (Å²) in [6.45, 7) is 1.92. The van der Waals surface area contributed by atoms with Gasteiger partial charge in [-0.2, -0.15) is 0 Å². The van der Waals surface area contributed by atoms with E-state index in [-0.39, 0.29) is 4.90 Å². The number of ether oxygens (including phenoxy) is 1. The van der Waals surface area contributed by atoms with Gasteiger partial charge in [-0.25, -0.2) is 8.42 Å². The fourth-order valence-corrected chi connectivity index (χ4v) is 3.57. The average Bonchev–Trinajstić information content (AvgIpc) is 2.54. The van der Waals surface area contributed by atoms with E-state index in [1.54, 1.807) is 49.7 Å². The quantitative estimate of drug-likeness (QED) is 0.797. The van der Waals surface area contributed by atoms with Gasteiger partial charge in [0.15, 0.2) is 0 Å². The molecule has 3 rings (SSSR count). The van der Waals surface area contributed by atoms with Crippen molar-refractivity contribution < 1.29 is 13.2 Å².